The van der Waals surface area contributed by atoms with Crippen molar-refractivity contribution in [3.8, 4) is 23.0 Å². The second kappa shape index (κ2) is 3.26. The monoisotopic (exact) mass is 240 g/mol. The summed E-state index contributed by atoms with van der Waals surface area (Å²) in [5, 5.41) is 0. The van der Waals surface area contributed by atoms with Crippen molar-refractivity contribution >= 4 is 5.97 Å². The van der Waals surface area contributed by atoms with E-state index in [0.717, 1.165) is 28.6 Å². The van der Waals surface area contributed by atoms with Gasteiger partial charge in [-0.1, -0.05) is 6.07 Å². The Morgan fingerprint density at radius 3 is 2.39 bits per heavy atom. The molecule has 4 nitrogen and oxygen atoms in total. The first-order chi connectivity index (χ1) is 8.79. The Morgan fingerprint density at radius 2 is 1.67 bits per heavy atom. The minimum absolute atomic E-state index is 0.243. The van der Waals surface area contributed by atoms with Crippen LogP contribution in [0.2, 0.25) is 0 Å². The van der Waals surface area contributed by atoms with E-state index in [-0.39, 0.29) is 12.6 Å². The van der Waals surface area contributed by atoms with E-state index in [1.54, 1.807) is 18.2 Å². The highest BCUT2D eigenvalue weighted by molar-refractivity contribution is 5.91. The summed E-state index contributed by atoms with van der Waals surface area (Å²) in [6.45, 7) is 0.243. The maximum Gasteiger partial charge on any atom is 0.338 e. The van der Waals surface area contributed by atoms with Crippen molar-refractivity contribution in [3.63, 3.8) is 0 Å². The van der Waals surface area contributed by atoms with Gasteiger partial charge >= 0.3 is 5.97 Å². The summed E-state index contributed by atoms with van der Waals surface area (Å²) < 4.78 is 15.4. The lowest BCUT2D eigenvalue weighted by Crippen LogP contribution is -2.04. The molecule has 18 heavy (non-hydrogen) atoms. The molecule has 2 aliphatic heterocycles. The van der Waals surface area contributed by atoms with E-state index in [4.69, 9.17) is 14.2 Å². The third kappa shape index (κ3) is 1.59. The molecule has 0 radical (unpaired) electrons. The molecule has 2 aliphatic rings. The van der Waals surface area contributed by atoms with Gasteiger partial charge in [-0.25, -0.2) is 4.79 Å². The van der Waals surface area contributed by atoms with Crippen LogP contribution in [0.1, 0.15) is 15.9 Å². The van der Waals surface area contributed by atoms with Crippen molar-refractivity contribution in [3.05, 3.63) is 47.5 Å². The highest BCUT2D eigenvalue weighted by Crippen LogP contribution is 2.46. The van der Waals surface area contributed by atoms with Crippen LogP contribution in [-0.2, 0) is 11.3 Å². The first-order valence-corrected chi connectivity index (χ1v) is 5.59. The molecule has 0 saturated carbocycles. The summed E-state index contributed by atoms with van der Waals surface area (Å²) >= 11 is 0. The molecule has 0 aliphatic carbocycles. The van der Waals surface area contributed by atoms with Gasteiger partial charge in [0.1, 0.15) is 6.61 Å². The van der Waals surface area contributed by atoms with Crippen molar-refractivity contribution < 1.29 is 19.0 Å². The molecule has 0 saturated heterocycles. The van der Waals surface area contributed by atoms with Gasteiger partial charge in [-0.2, -0.15) is 0 Å². The van der Waals surface area contributed by atoms with Gasteiger partial charge in [0.15, 0.2) is 23.0 Å². The van der Waals surface area contributed by atoms with Gasteiger partial charge in [-0.15, -0.1) is 0 Å². The molecule has 2 aromatic carbocycles. The lowest BCUT2D eigenvalue weighted by atomic mass is 10.2. The third-order valence-corrected chi connectivity index (χ3v) is 2.91. The van der Waals surface area contributed by atoms with Crippen LogP contribution in [0.5, 0.6) is 23.0 Å². The minimum Gasteiger partial charge on any atom is -0.457 e. The molecule has 0 atom stereocenters. The largest absolute Gasteiger partial charge is 0.457 e. The first-order valence-electron chi connectivity index (χ1n) is 5.59. The highest BCUT2D eigenvalue weighted by Gasteiger charge is 2.22. The van der Waals surface area contributed by atoms with Crippen LogP contribution in [0.15, 0.2) is 36.4 Å². The first kappa shape index (κ1) is 9.53. The topological polar surface area (TPSA) is 51.4 Å². The number of carbonyl (C=O) groups excluding carboxylic acids is 1. The summed E-state index contributed by atoms with van der Waals surface area (Å²) in [7, 11) is 0. The molecule has 0 amide bonds. The fourth-order valence-corrected chi connectivity index (χ4v) is 1.82. The second-order valence-corrected chi connectivity index (χ2v) is 4.22. The van der Waals surface area contributed by atoms with Crippen molar-refractivity contribution in [1.82, 2.24) is 0 Å². The maximum absolute atomic E-state index is 11.8. The molecule has 88 valence electrons. The van der Waals surface area contributed by atoms with Gasteiger partial charge < -0.3 is 14.2 Å². The Morgan fingerprint density at radius 1 is 0.944 bits per heavy atom. The quantitative estimate of drug-likeness (QED) is 0.407. The van der Waals surface area contributed by atoms with Crippen molar-refractivity contribution in [2.45, 2.75) is 6.61 Å². The molecule has 0 bridgehead atoms. The molecule has 2 heterocycles. The van der Waals surface area contributed by atoms with E-state index in [0.29, 0.717) is 5.56 Å². The Bertz CT molecular complexity index is 675. The normalized spacial score (nSPS) is 12.7. The van der Waals surface area contributed by atoms with E-state index in [9.17, 15) is 4.79 Å². The molecule has 0 unspecified atom stereocenters. The number of ether oxygens (including phenoxy) is 3. The summed E-state index contributed by atoms with van der Waals surface area (Å²) in [6.07, 6.45) is 0. The van der Waals surface area contributed by atoms with Crippen molar-refractivity contribution in [2.75, 3.05) is 0 Å². The standard InChI is InChI=1S/C14H8O4/c15-14(9-2-4-11-13(6-9)18-11)16-7-8-1-3-10-12(5-8)17-10/h1-6H,7H2. The smallest absolute Gasteiger partial charge is 0.338 e. The molecule has 0 aromatic heterocycles. The minimum atomic E-state index is -0.348. The molecular weight excluding hydrogens is 232 g/mol. The third-order valence-electron chi connectivity index (χ3n) is 2.91. The van der Waals surface area contributed by atoms with Gasteiger partial charge in [-0.05, 0) is 35.9 Å². The molecule has 4 rings (SSSR count). The molecule has 4 heteroatoms. The SMILES string of the molecule is O=C(OCc1ccc2c(c1)O2)c1ccc2c(c1)O2. The zero-order valence-electron chi connectivity index (χ0n) is 9.30. The number of carbonyl (C=O) groups is 1. The van der Waals surface area contributed by atoms with Gasteiger partial charge in [0.25, 0.3) is 0 Å². The predicted molar refractivity (Wildman–Crippen MR) is 62.2 cm³/mol. The fraction of sp³-hybridized carbons (Fsp3) is 0.0714. The van der Waals surface area contributed by atoms with E-state index in [2.05, 4.69) is 0 Å². The van der Waals surface area contributed by atoms with Crippen LogP contribution in [0, 0.1) is 0 Å². The summed E-state index contributed by atoms with van der Waals surface area (Å²) in [5.74, 6) is 2.99. The average molecular weight is 240 g/mol. The Balaban J connectivity index is 1.44. The number of hydrogen-bond donors (Lipinski definition) is 0. The molecule has 0 fully saturated rings. The van der Waals surface area contributed by atoms with Crippen LogP contribution in [0.25, 0.3) is 0 Å². The van der Waals surface area contributed by atoms with Gasteiger partial charge in [0.2, 0.25) is 0 Å². The molecule has 2 aromatic rings. The number of fused-ring (bicyclic) bond motifs is 2. The van der Waals surface area contributed by atoms with Gasteiger partial charge in [0, 0.05) is 0 Å². The maximum atomic E-state index is 11.8. The summed E-state index contributed by atoms with van der Waals surface area (Å²) in [4.78, 5) is 11.8. The predicted octanol–water partition coefficient (Wildman–Crippen LogP) is 3.26. The highest BCUT2D eigenvalue weighted by atomic mass is 16.6. The van der Waals surface area contributed by atoms with Crippen LogP contribution in [-0.4, -0.2) is 5.97 Å². The van der Waals surface area contributed by atoms with Crippen LogP contribution in [0.4, 0.5) is 0 Å². The van der Waals surface area contributed by atoms with E-state index < -0.39 is 0 Å². The van der Waals surface area contributed by atoms with Crippen LogP contribution in [0.3, 0.4) is 0 Å². The number of esters is 1. The second-order valence-electron chi connectivity index (χ2n) is 4.22. The Kier molecular flexibility index (Phi) is 1.73. The van der Waals surface area contributed by atoms with Gasteiger partial charge in [0.05, 0.1) is 5.56 Å². The van der Waals surface area contributed by atoms with Crippen molar-refractivity contribution in [1.29, 1.82) is 0 Å². The van der Waals surface area contributed by atoms with E-state index in [1.807, 2.05) is 18.2 Å². The average Bonchev–Trinajstić information content (AvgIpc) is 3.26. The van der Waals surface area contributed by atoms with E-state index in [1.165, 1.54) is 0 Å². The molecule has 0 spiro atoms. The fourth-order valence-electron chi connectivity index (χ4n) is 1.82. The van der Waals surface area contributed by atoms with Crippen molar-refractivity contribution in [2.24, 2.45) is 0 Å². The summed E-state index contributed by atoms with van der Waals surface area (Å²) in [5.41, 5.74) is 1.43. The number of benzene rings is 2. The molecular formula is C14H8O4. The van der Waals surface area contributed by atoms with Crippen LogP contribution >= 0.6 is 0 Å². The van der Waals surface area contributed by atoms with E-state index >= 15 is 0 Å². The zero-order valence-corrected chi connectivity index (χ0v) is 9.30. The molecule has 0 N–H and O–H groups in total. The van der Waals surface area contributed by atoms with Crippen LogP contribution < -0.4 is 9.47 Å². The van der Waals surface area contributed by atoms with Gasteiger partial charge in [-0.3, -0.25) is 0 Å². The lowest BCUT2D eigenvalue weighted by molar-refractivity contribution is 0.0473. The zero-order chi connectivity index (χ0) is 12.1. The Hall–Kier alpha value is -2.49. The number of hydrogen-bond acceptors (Lipinski definition) is 4. The summed E-state index contributed by atoms with van der Waals surface area (Å²) in [6, 6.07) is 10.8. The lowest BCUT2D eigenvalue weighted by Gasteiger charge is -2.03. The number of rotatable bonds is 3. The Labute approximate surface area is 103 Å².